The number of carbonyl (C=O) groups excluding carboxylic acids is 1. The maximum atomic E-state index is 12.4. The van der Waals surface area contributed by atoms with Crippen molar-refractivity contribution in [2.45, 2.75) is 11.9 Å². The molecule has 2 N–H and O–H groups in total. The Bertz CT molecular complexity index is 953. The van der Waals surface area contributed by atoms with Crippen molar-refractivity contribution in [3.63, 3.8) is 0 Å². The Labute approximate surface area is 162 Å². The van der Waals surface area contributed by atoms with Crippen molar-refractivity contribution >= 4 is 35.1 Å². The number of thioether (sulfide) groups is 1. The Morgan fingerprint density at radius 2 is 1.78 bits per heavy atom. The van der Waals surface area contributed by atoms with Crippen LogP contribution < -0.4 is 5.73 Å². The van der Waals surface area contributed by atoms with E-state index in [9.17, 15) is 4.79 Å². The predicted molar refractivity (Wildman–Crippen MR) is 109 cm³/mol. The molecule has 27 heavy (non-hydrogen) atoms. The lowest BCUT2D eigenvalue weighted by Gasteiger charge is -2.09. The highest BCUT2D eigenvalue weighted by Crippen LogP contribution is 2.27. The number of nitrogens with zero attached hydrogens (tertiary/aromatic N) is 3. The summed E-state index contributed by atoms with van der Waals surface area (Å²) in [5.74, 6) is 0.249. The van der Waals surface area contributed by atoms with Gasteiger partial charge in [0, 0.05) is 5.56 Å². The van der Waals surface area contributed by atoms with E-state index in [-0.39, 0.29) is 18.0 Å². The van der Waals surface area contributed by atoms with E-state index in [2.05, 4.69) is 5.10 Å². The Hall–Kier alpha value is -3.06. The maximum absolute atomic E-state index is 12.4. The topological polar surface area (TPSA) is 82.5 Å². The van der Waals surface area contributed by atoms with E-state index in [0.717, 1.165) is 11.3 Å². The van der Waals surface area contributed by atoms with Crippen LogP contribution in [0.2, 0.25) is 0 Å². The molecular weight excluding hydrogens is 360 g/mol. The first kappa shape index (κ1) is 18.7. The van der Waals surface area contributed by atoms with Crippen LogP contribution >= 0.6 is 11.8 Å². The van der Waals surface area contributed by atoms with Gasteiger partial charge in [0.15, 0.2) is 5.84 Å². The Balaban J connectivity index is 2.19. The van der Waals surface area contributed by atoms with Crippen LogP contribution in [0.1, 0.15) is 22.8 Å². The minimum atomic E-state index is -0.488. The molecule has 3 rings (SSSR count). The fourth-order valence-corrected chi connectivity index (χ4v) is 3.11. The third kappa shape index (κ3) is 4.03. The number of esters is 1. The van der Waals surface area contributed by atoms with Gasteiger partial charge in [-0.2, -0.15) is 9.78 Å². The number of rotatable bonds is 5. The Morgan fingerprint density at radius 3 is 2.37 bits per heavy atom. The summed E-state index contributed by atoms with van der Waals surface area (Å²) in [5, 5.41) is 5.03. The van der Waals surface area contributed by atoms with Gasteiger partial charge in [-0.05, 0) is 25.3 Å². The first-order chi connectivity index (χ1) is 13.2. The molecule has 2 aromatic carbocycles. The highest BCUT2D eigenvalue weighted by Gasteiger charge is 2.25. The lowest BCUT2D eigenvalue weighted by atomic mass is 10.2. The van der Waals surface area contributed by atoms with Gasteiger partial charge in [0.2, 0.25) is 0 Å². The highest BCUT2D eigenvalue weighted by atomic mass is 32.2. The number of benzene rings is 2. The molecule has 138 valence electrons. The van der Waals surface area contributed by atoms with E-state index in [1.807, 2.05) is 66.9 Å². The summed E-state index contributed by atoms with van der Waals surface area (Å²) in [4.78, 5) is 17.1. The number of nitrogen functional groups attached to an aromatic ring is 1. The predicted octanol–water partition coefficient (Wildman–Crippen LogP) is 3.99. The number of nitrogens with two attached hydrogens (primary N) is 1. The van der Waals surface area contributed by atoms with Crippen LogP contribution in [0.5, 0.6) is 0 Å². The first-order valence-corrected chi connectivity index (χ1v) is 9.67. The van der Waals surface area contributed by atoms with Crippen LogP contribution in [0.15, 0.2) is 70.7 Å². The molecule has 3 aromatic rings. The van der Waals surface area contributed by atoms with Crippen molar-refractivity contribution in [3.05, 3.63) is 71.8 Å². The summed E-state index contributed by atoms with van der Waals surface area (Å²) in [5.41, 5.74) is 8.16. The molecule has 0 saturated carbocycles. The number of ether oxygens (including phenoxy) is 1. The van der Waals surface area contributed by atoms with Gasteiger partial charge in [-0.25, -0.2) is 9.79 Å². The molecule has 0 saturated heterocycles. The van der Waals surface area contributed by atoms with Crippen molar-refractivity contribution in [2.24, 2.45) is 4.99 Å². The monoisotopic (exact) mass is 380 g/mol. The van der Waals surface area contributed by atoms with Crippen LogP contribution in [0.3, 0.4) is 0 Å². The molecule has 0 radical (unpaired) electrons. The number of hydrogen-bond acceptors (Lipinski definition) is 6. The normalized spacial score (nSPS) is 11.4. The summed E-state index contributed by atoms with van der Waals surface area (Å²) in [7, 11) is 0. The van der Waals surface area contributed by atoms with Crippen molar-refractivity contribution in [1.82, 2.24) is 9.78 Å². The standard InChI is InChI=1S/C20H20N4O2S/c1-3-26-20(25)16-17(21)24(23-19(16)27-2)18(14-10-6-4-7-11-14)22-15-12-8-5-9-13-15/h4-13H,3,21H2,1-2H3. The Morgan fingerprint density at radius 1 is 1.15 bits per heavy atom. The summed E-state index contributed by atoms with van der Waals surface area (Å²) in [6.07, 6.45) is 1.84. The highest BCUT2D eigenvalue weighted by molar-refractivity contribution is 7.98. The summed E-state index contributed by atoms with van der Waals surface area (Å²) >= 11 is 1.34. The number of hydrogen-bond donors (Lipinski definition) is 1. The fourth-order valence-electron chi connectivity index (χ4n) is 2.56. The summed E-state index contributed by atoms with van der Waals surface area (Å²) < 4.78 is 6.64. The van der Waals surface area contributed by atoms with Crippen LogP contribution in [-0.4, -0.2) is 34.4 Å². The average Bonchev–Trinajstić information content (AvgIpc) is 3.04. The van der Waals surface area contributed by atoms with E-state index < -0.39 is 5.97 Å². The zero-order valence-electron chi connectivity index (χ0n) is 15.1. The molecule has 0 fully saturated rings. The maximum Gasteiger partial charge on any atom is 0.344 e. The van der Waals surface area contributed by atoms with E-state index in [1.54, 1.807) is 6.92 Å². The second-order valence-corrected chi connectivity index (χ2v) is 6.33. The molecule has 0 aliphatic carbocycles. The SMILES string of the molecule is CCOC(=O)c1c(SC)nn(C(=Nc2ccccc2)c2ccccc2)c1N. The number of para-hydroxylation sites is 1. The van der Waals surface area contributed by atoms with Crippen LogP contribution in [0.25, 0.3) is 0 Å². The second kappa shape index (κ2) is 8.55. The van der Waals surface area contributed by atoms with Gasteiger partial charge in [-0.15, -0.1) is 11.8 Å². The lowest BCUT2D eigenvalue weighted by molar-refractivity contribution is 0.0523. The van der Waals surface area contributed by atoms with Crippen molar-refractivity contribution in [2.75, 3.05) is 18.6 Å². The smallest absolute Gasteiger partial charge is 0.344 e. The van der Waals surface area contributed by atoms with Gasteiger partial charge in [0.25, 0.3) is 0 Å². The van der Waals surface area contributed by atoms with Gasteiger partial charge >= 0.3 is 5.97 Å². The summed E-state index contributed by atoms with van der Waals surface area (Å²) in [6, 6.07) is 19.1. The third-order valence-electron chi connectivity index (χ3n) is 3.79. The molecule has 0 atom stereocenters. The fraction of sp³-hybridized carbons (Fsp3) is 0.150. The zero-order valence-corrected chi connectivity index (χ0v) is 15.9. The molecule has 0 unspecified atom stereocenters. The van der Waals surface area contributed by atoms with Gasteiger partial charge in [0.05, 0.1) is 12.3 Å². The first-order valence-electron chi connectivity index (χ1n) is 8.44. The minimum absolute atomic E-state index is 0.205. The second-order valence-electron chi connectivity index (χ2n) is 5.54. The quantitative estimate of drug-likeness (QED) is 0.313. The minimum Gasteiger partial charge on any atom is -0.462 e. The average molecular weight is 380 g/mol. The summed E-state index contributed by atoms with van der Waals surface area (Å²) in [6.45, 7) is 2.02. The van der Waals surface area contributed by atoms with Crippen molar-refractivity contribution in [3.8, 4) is 0 Å². The molecule has 6 nitrogen and oxygen atoms in total. The van der Waals surface area contributed by atoms with Gasteiger partial charge in [0.1, 0.15) is 16.4 Å². The van der Waals surface area contributed by atoms with Crippen molar-refractivity contribution in [1.29, 1.82) is 0 Å². The zero-order chi connectivity index (χ0) is 19.2. The largest absolute Gasteiger partial charge is 0.462 e. The van der Waals surface area contributed by atoms with Crippen molar-refractivity contribution < 1.29 is 9.53 Å². The number of carbonyl (C=O) groups is 1. The van der Waals surface area contributed by atoms with Gasteiger partial charge < -0.3 is 10.5 Å². The molecule has 1 aromatic heterocycles. The van der Waals surface area contributed by atoms with E-state index >= 15 is 0 Å². The lowest BCUT2D eigenvalue weighted by Crippen LogP contribution is -2.18. The molecular formula is C20H20N4O2S. The third-order valence-corrected chi connectivity index (χ3v) is 4.46. The van der Waals surface area contributed by atoms with Crippen LogP contribution in [0, 0.1) is 0 Å². The molecule has 1 heterocycles. The van der Waals surface area contributed by atoms with Crippen LogP contribution in [0.4, 0.5) is 11.5 Å². The van der Waals surface area contributed by atoms with E-state index in [1.165, 1.54) is 16.4 Å². The number of aromatic nitrogens is 2. The molecule has 0 aliphatic rings. The van der Waals surface area contributed by atoms with E-state index in [0.29, 0.717) is 10.9 Å². The molecule has 7 heteroatoms. The van der Waals surface area contributed by atoms with Gasteiger partial charge in [-0.3, -0.25) is 0 Å². The molecule has 0 bridgehead atoms. The van der Waals surface area contributed by atoms with Gasteiger partial charge in [-0.1, -0.05) is 48.5 Å². The Kier molecular flexibility index (Phi) is 5.93. The molecule has 0 amide bonds. The number of aliphatic imine (C=N–C) groups is 1. The van der Waals surface area contributed by atoms with E-state index in [4.69, 9.17) is 15.5 Å². The molecule has 0 spiro atoms. The number of anilines is 1. The van der Waals surface area contributed by atoms with Crippen LogP contribution in [-0.2, 0) is 4.74 Å². The molecule has 0 aliphatic heterocycles.